The molecule has 0 saturated heterocycles. The molecule has 5 nitrogen and oxygen atoms in total. The first-order valence-electron chi connectivity index (χ1n) is 4.91. The molecule has 16 heavy (non-hydrogen) atoms. The molecule has 1 aromatic rings. The summed E-state index contributed by atoms with van der Waals surface area (Å²) < 4.78 is 27.9. The van der Waals surface area contributed by atoms with Gasteiger partial charge in [-0.15, -0.1) is 0 Å². The largest absolute Gasteiger partial charge is 0.492 e. The van der Waals surface area contributed by atoms with Crippen LogP contribution in [0.4, 0.5) is 0 Å². The lowest BCUT2D eigenvalue weighted by Gasteiger charge is -2.12. The second-order valence-electron chi connectivity index (χ2n) is 3.47. The Balaban J connectivity index is 3.33. The summed E-state index contributed by atoms with van der Waals surface area (Å²) in [7, 11) is -3.79. The van der Waals surface area contributed by atoms with Gasteiger partial charge in [-0.1, -0.05) is 6.07 Å². The van der Waals surface area contributed by atoms with E-state index < -0.39 is 10.0 Å². The minimum Gasteiger partial charge on any atom is -0.492 e. The van der Waals surface area contributed by atoms with E-state index in [1.54, 1.807) is 26.0 Å². The summed E-state index contributed by atoms with van der Waals surface area (Å²) in [6.07, 6.45) is 0. The van der Waals surface area contributed by atoms with E-state index in [9.17, 15) is 8.42 Å². The molecule has 0 fully saturated rings. The number of sulfonamides is 1. The average molecular weight is 244 g/mol. The van der Waals surface area contributed by atoms with Gasteiger partial charge in [-0.3, -0.25) is 0 Å². The summed E-state index contributed by atoms with van der Waals surface area (Å²) in [5.74, 6) is 0.259. The molecule has 0 aromatic heterocycles. The molecule has 0 aliphatic rings. The van der Waals surface area contributed by atoms with Crippen LogP contribution in [-0.2, 0) is 10.0 Å². The Labute approximate surface area is 95.4 Å². The highest BCUT2D eigenvalue weighted by molar-refractivity contribution is 7.89. The normalized spacial score (nSPS) is 13.5. The van der Waals surface area contributed by atoms with E-state index in [-0.39, 0.29) is 16.7 Å². The lowest BCUT2D eigenvalue weighted by Crippen LogP contribution is -2.15. The Bertz CT molecular complexity index is 469. The van der Waals surface area contributed by atoms with Gasteiger partial charge in [0.15, 0.2) is 0 Å². The summed E-state index contributed by atoms with van der Waals surface area (Å²) in [5.41, 5.74) is 6.37. The molecule has 0 saturated carbocycles. The zero-order valence-electron chi connectivity index (χ0n) is 9.30. The minimum atomic E-state index is -3.79. The van der Waals surface area contributed by atoms with Crippen molar-refractivity contribution in [3.05, 3.63) is 23.8 Å². The first-order chi connectivity index (χ1) is 7.36. The van der Waals surface area contributed by atoms with Gasteiger partial charge < -0.3 is 10.5 Å². The maximum Gasteiger partial charge on any atom is 0.241 e. The predicted octanol–water partition coefficient (Wildman–Crippen LogP) is 0.752. The highest BCUT2D eigenvalue weighted by Crippen LogP contribution is 2.26. The van der Waals surface area contributed by atoms with E-state index in [0.717, 1.165) is 0 Å². The van der Waals surface area contributed by atoms with E-state index in [4.69, 9.17) is 15.6 Å². The van der Waals surface area contributed by atoms with E-state index >= 15 is 0 Å². The topological polar surface area (TPSA) is 95.4 Å². The van der Waals surface area contributed by atoms with Crippen molar-refractivity contribution >= 4 is 10.0 Å². The Morgan fingerprint density at radius 1 is 1.44 bits per heavy atom. The molecule has 0 aliphatic heterocycles. The van der Waals surface area contributed by atoms with Crippen LogP contribution in [0.25, 0.3) is 0 Å². The minimum absolute atomic E-state index is 0.0239. The van der Waals surface area contributed by atoms with Crippen LogP contribution in [0.2, 0.25) is 0 Å². The Morgan fingerprint density at radius 3 is 2.50 bits per heavy atom. The summed E-state index contributed by atoms with van der Waals surface area (Å²) in [6.45, 7) is 3.91. The van der Waals surface area contributed by atoms with Gasteiger partial charge >= 0.3 is 0 Å². The van der Waals surface area contributed by atoms with Crippen LogP contribution < -0.4 is 15.6 Å². The summed E-state index contributed by atoms with van der Waals surface area (Å²) in [4.78, 5) is -0.0239. The van der Waals surface area contributed by atoms with Crippen LogP contribution in [0.5, 0.6) is 5.75 Å². The third kappa shape index (κ3) is 2.94. The number of nitrogens with two attached hydrogens (primary N) is 2. The molecule has 0 radical (unpaired) electrons. The van der Waals surface area contributed by atoms with Gasteiger partial charge in [0.1, 0.15) is 10.6 Å². The van der Waals surface area contributed by atoms with Gasteiger partial charge in [0, 0.05) is 6.04 Å². The van der Waals surface area contributed by atoms with Crippen LogP contribution in [0.15, 0.2) is 23.1 Å². The number of hydrogen-bond acceptors (Lipinski definition) is 4. The molecule has 1 unspecified atom stereocenters. The molecule has 0 spiro atoms. The third-order valence-electron chi connectivity index (χ3n) is 2.10. The van der Waals surface area contributed by atoms with E-state index in [0.29, 0.717) is 12.2 Å². The second-order valence-corrected chi connectivity index (χ2v) is 5.00. The smallest absolute Gasteiger partial charge is 0.241 e. The molecule has 0 heterocycles. The average Bonchev–Trinajstić information content (AvgIpc) is 2.16. The fourth-order valence-electron chi connectivity index (χ4n) is 1.30. The second kappa shape index (κ2) is 4.82. The van der Waals surface area contributed by atoms with Crippen LogP contribution >= 0.6 is 0 Å². The molecule has 90 valence electrons. The monoisotopic (exact) mass is 244 g/mol. The first kappa shape index (κ1) is 13.0. The van der Waals surface area contributed by atoms with Gasteiger partial charge in [-0.25, -0.2) is 13.6 Å². The molecule has 6 heteroatoms. The van der Waals surface area contributed by atoms with Crippen LogP contribution in [0.3, 0.4) is 0 Å². The fourth-order valence-corrected chi connectivity index (χ4v) is 2.01. The summed E-state index contributed by atoms with van der Waals surface area (Å²) in [6, 6.07) is 4.49. The van der Waals surface area contributed by atoms with E-state index in [1.165, 1.54) is 6.07 Å². The maximum atomic E-state index is 11.4. The molecule has 0 bridgehead atoms. The van der Waals surface area contributed by atoms with Gasteiger partial charge in [-0.2, -0.15) is 0 Å². The molecule has 0 amide bonds. The Hall–Kier alpha value is -1.11. The summed E-state index contributed by atoms with van der Waals surface area (Å²) >= 11 is 0. The van der Waals surface area contributed by atoms with Crippen molar-refractivity contribution in [2.75, 3.05) is 6.61 Å². The number of ether oxygens (including phenoxy) is 1. The Kier molecular flexibility index (Phi) is 3.90. The highest BCUT2D eigenvalue weighted by Gasteiger charge is 2.16. The summed E-state index contributed by atoms with van der Waals surface area (Å²) in [5, 5.41) is 5.11. The van der Waals surface area contributed by atoms with Crippen molar-refractivity contribution < 1.29 is 13.2 Å². The van der Waals surface area contributed by atoms with Crippen LogP contribution in [0.1, 0.15) is 25.5 Å². The quantitative estimate of drug-likeness (QED) is 0.817. The van der Waals surface area contributed by atoms with Gasteiger partial charge in [0.05, 0.1) is 6.61 Å². The zero-order valence-corrected chi connectivity index (χ0v) is 10.1. The predicted molar refractivity (Wildman–Crippen MR) is 61.6 cm³/mol. The number of hydrogen-bond donors (Lipinski definition) is 2. The molecule has 1 rings (SSSR count). The maximum absolute atomic E-state index is 11.4. The van der Waals surface area contributed by atoms with Crippen molar-refractivity contribution in [1.29, 1.82) is 0 Å². The standard InChI is InChI=1S/C10H16N2O3S/c1-3-15-9-5-4-8(7(2)11)6-10(9)16(12,13)14/h4-7H,3,11H2,1-2H3,(H2,12,13,14). The Morgan fingerprint density at radius 2 is 2.06 bits per heavy atom. The van der Waals surface area contributed by atoms with Crippen LogP contribution in [-0.4, -0.2) is 15.0 Å². The van der Waals surface area contributed by atoms with Gasteiger partial charge in [0.2, 0.25) is 10.0 Å². The SMILES string of the molecule is CCOc1ccc(C(C)N)cc1S(N)(=O)=O. The molecule has 1 aromatic carbocycles. The first-order valence-corrected chi connectivity index (χ1v) is 6.46. The molecule has 0 aliphatic carbocycles. The van der Waals surface area contributed by atoms with Crippen molar-refractivity contribution in [2.45, 2.75) is 24.8 Å². The van der Waals surface area contributed by atoms with Crippen molar-refractivity contribution in [1.82, 2.24) is 0 Å². The molecular weight excluding hydrogens is 228 g/mol. The highest BCUT2D eigenvalue weighted by atomic mass is 32.2. The van der Waals surface area contributed by atoms with E-state index in [2.05, 4.69) is 0 Å². The van der Waals surface area contributed by atoms with Gasteiger partial charge in [0.25, 0.3) is 0 Å². The van der Waals surface area contributed by atoms with E-state index in [1.807, 2.05) is 0 Å². The lowest BCUT2D eigenvalue weighted by atomic mass is 10.1. The number of primary sulfonamides is 1. The fraction of sp³-hybridized carbons (Fsp3) is 0.400. The van der Waals surface area contributed by atoms with Crippen molar-refractivity contribution in [3.63, 3.8) is 0 Å². The van der Waals surface area contributed by atoms with Gasteiger partial charge in [-0.05, 0) is 31.5 Å². The number of rotatable bonds is 4. The molecular formula is C10H16N2O3S. The van der Waals surface area contributed by atoms with Crippen molar-refractivity contribution in [2.24, 2.45) is 10.9 Å². The van der Waals surface area contributed by atoms with Crippen LogP contribution in [0, 0.1) is 0 Å². The zero-order chi connectivity index (χ0) is 12.3. The third-order valence-corrected chi connectivity index (χ3v) is 3.03. The van der Waals surface area contributed by atoms with Crippen molar-refractivity contribution in [3.8, 4) is 5.75 Å². The molecule has 4 N–H and O–H groups in total. The number of benzene rings is 1. The lowest BCUT2D eigenvalue weighted by molar-refractivity contribution is 0.331. The molecule has 1 atom stereocenters.